The number of hydrogen-bond acceptors (Lipinski definition) is 11. The molecule has 11 nitrogen and oxygen atoms in total. The Morgan fingerprint density at radius 2 is 0.891 bits per heavy atom. The van der Waals surface area contributed by atoms with Crippen molar-refractivity contribution in [2.75, 3.05) is 39.6 Å². The van der Waals surface area contributed by atoms with Gasteiger partial charge < -0.3 is 33.5 Å². The fraction of sp³-hybridized carbons (Fsp3) is 0.429. The molecule has 0 saturated heterocycles. The summed E-state index contributed by atoms with van der Waals surface area (Å²) >= 11 is 0. The lowest BCUT2D eigenvalue weighted by Gasteiger charge is -2.13. The van der Waals surface area contributed by atoms with Crippen molar-refractivity contribution >= 4 is 23.9 Å². The second kappa shape index (κ2) is 22.8. The first kappa shape index (κ1) is 37.5. The Morgan fingerprint density at radius 3 is 1.24 bits per heavy atom. The number of aliphatic hydroxyl groups is 1. The Balaban J connectivity index is 1.56. The van der Waals surface area contributed by atoms with E-state index in [2.05, 4.69) is 13.2 Å². The van der Waals surface area contributed by atoms with Crippen LogP contribution < -0.4 is 9.47 Å². The van der Waals surface area contributed by atoms with Gasteiger partial charge in [-0.3, -0.25) is 0 Å². The second-order valence-electron chi connectivity index (χ2n) is 10.2. The molecule has 0 radical (unpaired) electrons. The van der Waals surface area contributed by atoms with Crippen LogP contribution in [0.4, 0.5) is 0 Å². The highest BCUT2D eigenvalue weighted by Gasteiger charge is 2.15. The topological polar surface area (TPSA) is 144 Å². The van der Waals surface area contributed by atoms with Crippen molar-refractivity contribution in [2.24, 2.45) is 0 Å². The zero-order chi connectivity index (χ0) is 33.4. The monoisotopic (exact) mass is 640 g/mol. The number of carbonyl (C=O) groups is 4. The average Bonchev–Trinajstić information content (AvgIpc) is 3.08. The summed E-state index contributed by atoms with van der Waals surface area (Å²) in [6.07, 6.45) is 8.00. The summed E-state index contributed by atoms with van der Waals surface area (Å²) in [5, 5.41) is 10.1. The van der Waals surface area contributed by atoms with Crippen molar-refractivity contribution in [3.63, 3.8) is 0 Å². The van der Waals surface area contributed by atoms with Crippen LogP contribution in [0.3, 0.4) is 0 Å². The third-order valence-electron chi connectivity index (χ3n) is 6.43. The number of esters is 4. The molecule has 0 saturated carbocycles. The molecule has 0 aliphatic carbocycles. The number of unbranched alkanes of at least 4 members (excludes halogenated alkanes) is 6. The molecule has 0 bridgehead atoms. The molecule has 2 aromatic rings. The minimum absolute atomic E-state index is 0.291. The number of aliphatic hydroxyl groups excluding tert-OH is 1. The van der Waals surface area contributed by atoms with Crippen LogP contribution in [0.25, 0.3) is 0 Å². The first-order chi connectivity index (χ1) is 22.3. The number of carbonyl (C=O) groups excluding carboxylic acids is 4. The van der Waals surface area contributed by atoms with E-state index in [-0.39, 0.29) is 13.2 Å². The molecule has 0 unspecified atom stereocenters. The molecule has 2 aromatic carbocycles. The van der Waals surface area contributed by atoms with Gasteiger partial charge in [-0.1, -0.05) is 13.2 Å². The lowest BCUT2D eigenvalue weighted by Crippen LogP contribution is -2.25. The van der Waals surface area contributed by atoms with E-state index >= 15 is 0 Å². The molecular formula is C35H44O11. The molecule has 2 rings (SSSR count). The van der Waals surface area contributed by atoms with Crippen molar-refractivity contribution in [1.29, 1.82) is 0 Å². The number of benzene rings is 2. The Kier molecular flexibility index (Phi) is 18.6. The normalized spacial score (nSPS) is 10.5. The lowest BCUT2D eigenvalue weighted by atomic mass is 10.2. The molecule has 0 aromatic heterocycles. The standard InChI is InChI=1S/C35H44O11/c1-3-32(37)43-23-11-7-5-9-21-41-30-17-13-27(14-18-30)34(39)45-25-29(36)26-46-35(40)28-15-19-31(20-16-28)42-22-10-6-8-12-24-44-33(38)4-2/h3-4,13-20,29,36H,1-2,5-12,21-26H2. The SMILES string of the molecule is C=CC(=O)OCCCCCCOc1ccc(C(=O)OCC(O)COC(=O)c2ccc(OCCCCCCOC(=O)C=C)cc2)cc1. The summed E-state index contributed by atoms with van der Waals surface area (Å²) in [7, 11) is 0. The largest absolute Gasteiger partial charge is 0.494 e. The summed E-state index contributed by atoms with van der Waals surface area (Å²) in [4.78, 5) is 46.6. The maximum absolute atomic E-state index is 12.3. The van der Waals surface area contributed by atoms with E-state index in [4.69, 9.17) is 28.4 Å². The van der Waals surface area contributed by atoms with Gasteiger partial charge in [0.25, 0.3) is 0 Å². The fourth-order valence-corrected chi connectivity index (χ4v) is 3.89. The maximum Gasteiger partial charge on any atom is 0.338 e. The van der Waals surface area contributed by atoms with Gasteiger partial charge in [-0.2, -0.15) is 0 Å². The summed E-state index contributed by atoms with van der Waals surface area (Å²) < 4.78 is 31.5. The molecule has 0 heterocycles. The molecule has 0 aliphatic heterocycles. The molecule has 0 fully saturated rings. The first-order valence-electron chi connectivity index (χ1n) is 15.4. The van der Waals surface area contributed by atoms with Crippen molar-refractivity contribution in [1.82, 2.24) is 0 Å². The first-order valence-corrected chi connectivity index (χ1v) is 15.4. The van der Waals surface area contributed by atoms with Crippen LogP contribution in [0.1, 0.15) is 72.1 Å². The van der Waals surface area contributed by atoms with Crippen molar-refractivity contribution in [3.05, 3.63) is 85.0 Å². The van der Waals surface area contributed by atoms with Gasteiger partial charge in [0.15, 0.2) is 0 Å². The molecular weight excluding hydrogens is 596 g/mol. The zero-order valence-corrected chi connectivity index (χ0v) is 26.2. The molecule has 0 spiro atoms. The van der Waals surface area contributed by atoms with Gasteiger partial charge in [-0.15, -0.1) is 0 Å². The molecule has 0 amide bonds. The minimum Gasteiger partial charge on any atom is -0.494 e. The van der Waals surface area contributed by atoms with E-state index in [0.29, 0.717) is 49.1 Å². The van der Waals surface area contributed by atoms with Gasteiger partial charge >= 0.3 is 23.9 Å². The van der Waals surface area contributed by atoms with E-state index < -0.39 is 30.0 Å². The second-order valence-corrected chi connectivity index (χ2v) is 10.2. The summed E-state index contributed by atoms with van der Waals surface area (Å²) in [6, 6.07) is 12.9. The third kappa shape index (κ3) is 16.4. The average molecular weight is 641 g/mol. The van der Waals surface area contributed by atoms with Crippen LogP contribution in [0.2, 0.25) is 0 Å². The summed E-state index contributed by atoms with van der Waals surface area (Å²) in [5.41, 5.74) is 0.582. The molecule has 0 atom stereocenters. The van der Waals surface area contributed by atoms with Gasteiger partial charge in [0.2, 0.25) is 0 Å². The molecule has 0 aliphatic rings. The van der Waals surface area contributed by atoms with Crippen LogP contribution in [-0.4, -0.2) is 74.7 Å². The highest BCUT2D eigenvalue weighted by atomic mass is 16.6. The van der Waals surface area contributed by atoms with Gasteiger partial charge in [0, 0.05) is 12.2 Å². The molecule has 11 heteroatoms. The van der Waals surface area contributed by atoms with E-state index in [0.717, 1.165) is 63.5 Å². The van der Waals surface area contributed by atoms with E-state index in [1.165, 1.54) is 0 Å². The Hall–Kier alpha value is -4.64. The van der Waals surface area contributed by atoms with Crippen LogP contribution in [0, 0.1) is 0 Å². The smallest absolute Gasteiger partial charge is 0.338 e. The van der Waals surface area contributed by atoms with Crippen LogP contribution in [-0.2, 0) is 28.5 Å². The molecule has 1 N–H and O–H groups in total. The van der Waals surface area contributed by atoms with Gasteiger partial charge in [0.1, 0.15) is 30.8 Å². The van der Waals surface area contributed by atoms with Gasteiger partial charge in [-0.05, 0) is 99.9 Å². The Morgan fingerprint density at radius 1 is 0.543 bits per heavy atom. The van der Waals surface area contributed by atoms with Crippen LogP contribution in [0.5, 0.6) is 11.5 Å². The van der Waals surface area contributed by atoms with Gasteiger partial charge in [0.05, 0.1) is 37.6 Å². The predicted molar refractivity (Wildman–Crippen MR) is 170 cm³/mol. The number of hydrogen-bond donors (Lipinski definition) is 1. The fourth-order valence-electron chi connectivity index (χ4n) is 3.89. The van der Waals surface area contributed by atoms with Crippen LogP contribution >= 0.6 is 0 Å². The molecule has 46 heavy (non-hydrogen) atoms. The van der Waals surface area contributed by atoms with Crippen molar-refractivity contribution in [2.45, 2.75) is 57.5 Å². The zero-order valence-electron chi connectivity index (χ0n) is 26.2. The quantitative estimate of drug-likeness (QED) is 0.0682. The Labute approximate surface area is 270 Å². The Bertz CT molecular complexity index is 1130. The maximum atomic E-state index is 12.3. The number of ether oxygens (including phenoxy) is 6. The van der Waals surface area contributed by atoms with Gasteiger partial charge in [-0.25, -0.2) is 19.2 Å². The van der Waals surface area contributed by atoms with Crippen LogP contribution in [0.15, 0.2) is 73.8 Å². The highest BCUT2D eigenvalue weighted by Crippen LogP contribution is 2.16. The molecule has 250 valence electrons. The minimum atomic E-state index is -1.19. The summed E-state index contributed by atoms with van der Waals surface area (Å²) in [6.45, 7) is 7.78. The third-order valence-corrected chi connectivity index (χ3v) is 6.43. The number of rotatable bonds is 24. The highest BCUT2D eigenvalue weighted by molar-refractivity contribution is 5.90. The van der Waals surface area contributed by atoms with Crippen molar-refractivity contribution < 1.29 is 52.7 Å². The van der Waals surface area contributed by atoms with E-state index in [1.54, 1.807) is 48.5 Å². The lowest BCUT2D eigenvalue weighted by molar-refractivity contribution is -0.138. The predicted octanol–water partition coefficient (Wildman–Crippen LogP) is 5.40. The van der Waals surface area contributed by atoms with E-state index in [1.807, 2.05) is 0 Å². The van der Waals surface area contributed by atoms with Crippen molar-refractivity contribution in [3.8, 4) is 11.5 Å². The van der Waals surface area contributed by atoms with E-state index in [9.17, 15) is 24.3 Å². The summed E-state index contributed by atoms with van der Waals surface area (Å²) in [5.74, 6) is -0.860.